The molecule has 8 heteroatoms. The van der Waals surface area contributed by atoms with E-state index in [1.807, 2.05) is 37.3 Å². The highest BCUT2D eigenvalue weighted by atomic mass is 16.5. The zero-order chi connectivity index (χ0) is 23.9. The summed E-state index contributed by atoms with van der Waals surface area (Å²) >= 11 is 0. The van der Waals surface area contributed by atoms with Gasteiger partial charge in [-0.3, -0.25) is 14.0 Å². The minimum absolute atomic E-state index is 0.125. The number of nitrogens with zero attached hydrogens (tertiary/aromatic N) is 5. The maximum absolute atomic E-state index is 13.1. The topological polar surface area (TPSA) is 102 Å². The maximum atomic E-state index is 13.1. The molecule has 0 bridgehead atoms. The first kappa shape index (κ1) is 22.8. The number of amides is 1. The Labute approximate surface area is 195 Å². The number of nitriles is 1. The highest BCUT2D eigenvalue weighted by molar-refractivity contribution is 5.92. The van der Waals surface area contributed by atoms with Crippen molar-refractivity contribution in [3.8, 4) is 6.07 Å². The van der Waals surface area contributed by atoms with Crippen LogP contribution in [-0.2, 0) is 16.1 Å². The van der Waals surface area contributed by atoms with E-state index in [-0.39, 0.29) is 22.0 Å². The lowest BCUT2D eigenvalue weighted by molar-refractivity contribution is -0.113. The van der Waals surface area contributed by atoms with Crippen molar-refractivity contribution in [2.75, 3.05) is 13.2 Å². The molecule has 3 heterocycles. The van der Waals surface area contributed by atoms with Gasteiger partial charge in [0.15, 0.2) is 5.49 Å². The lowest BCUT2D eigenvalue weighted by Gasteiger charge is -2.13. The highest BCUT2D eigenvalue weighted by Crippen LogP contribution is 2.11. The molecule has 8 nitrogen and oxygen atoms in total. The van der Waals surface area contributed by atoms with E-state index in [9.17, 15) is 14.9 Å². The zero-order valence-electron chi connectivity index (χ0n) is 18.7. The molecule has 170 valence electrons. The van der Waals surface area contributed by atoms with E-state index in [1.165, 1.54) is 16.5 Å². The second-order valence-corrected chi connectivity index (χ2v) is 7.47. The molecule has 3 aromatic heterocycles. The fourth-order valence-corrected chi connectivity index (χ4v) is 3.63. The monoisotopic (exact) mass is 453 g/mol. The highest BCUT2D eigenvalue weighted by Gasteiger charge is 2.14. The Morgan fingerprint density at radius 3 is 2.76 bits per heavy atom. The molecule has 0 aliphatic carbocycles. The lowest BCUT2D eigenvalue weighted by Crippen LogP contribution is -2.29. The van der Waals surface area contributed by atoms with Crippen LogP contribution in [0.1, 0.15) is 24.5 Å². The summed E-state index contributed by atoms with van der Waals surface area (Å²) in [6.45, 7) is 3.34. The second-order valence-electron chi connectivity index (χ2n) is 7.47. The molecular weight excluding hydrogens is 430 g/mol. The van der Waals surface area contributed by atoms with Crippen LogP contribution in [0.5, 0.6) is 0 Å². The number of pyridine rings is 2. The van der Waals surface area contributed by atoms with Gasteiger partial charge in [0.1, 0.15) is 17.4 Å². The summed E-state index contributed by atoms with van der Waals surface area (Å²) in [4.78, 5) is 34.7. The van der Waals surface area contributed by atoms with Gasteiger partial charge in [-0.2, -0.15) is 10.3 Å². The number of benzene rings is 1. The summed E-state index contributed by atoms with van der Waals surface area (Å²) in [7, 11) is 0. The minimum atomic E-state index is -0.518. The van der Waals surface area contributed by atoms with E-state index in [1.54, 1.807) is 35.0 Å². The predicted octanol–water partition coefficient (Wildman–Crippen LogP) is 3.09. The first-order chi connectivity index (χ1) is 16.6. The number of aryl methyl sites for hydroxylation is 1. The molecule has 1 aromatic carbocycles. The van der Waals surface area contributed by atoms with Gasteiger partial charge in [-0.1, -0.05) is 36.4 Å². The van der Waals surface area contributed by atoms with Crippen LogP contribution < -0.4 is 11.0 Å². The molecule has 0 radical (unpaired) electrons. The Morgan fingerprint density at radius 2 is 2.00 bits per heavy atom. The van der Waals surface area contributed by atoms with E-state index in [0.717, 1.165) is 5.56 Å². The largest absolute Gasteiger partial charge is 0.382 e. The van der Waals surface area contributed by atoms with E-state index >= 15 is 0 Å². The number of hydrogen-bond acceptors (Lipinski definition) is 5. The van der Waals surface area contributed by atoms with Crippen LogP contribution >= 0.6 is 0 Å². The Kier molecular flexibility index (Phi) is 7.06. The first-order valence-electron chi connectivity index (χ1n) is 11.0. The third kappa shape index (κ3) is 4.85. The number of hydrogen-bond donors (Lipinski definition) is 0. The van der Waals surface area contributed by atoms with Gasteiger partial charge in [0.2, 0.25) is 0 Å². The Balaban J connectivity index is 1.91. The normalized spacial score (nSPS) is 11.9. The van der Waals surface area contributed by atoms with Gasteiger partial charge in [0.05, 0.1) is 10.9 Å². The summed E-state index contributed by atoms with van der Waals surface area (Å²) in [5.74, 6) is -0.518. The molecule has 4 aromatic rings. The summed E-state index contributed by atoms with van der Waals surface area (Å²) in [5, 5.41) is 10.1. The number of ether oxygens (including phenoxy) is 1. The van der Waals surface area contributed by atoms with Gasteiger partial charge < -0.3 is 9.30 Å². The van der Waals surface area contributed by atoms with Gasteiger partial charge >= 0.3 is 0 Å². The molecule has 1 amide bonds. The molecule has 0 N–H and O–H groups in total. The van der Waals surface area contributed by atoms with Crippen LogP contribution in [0.25, 0.3) is 22.8 Å². The van der Waals surface area contributed by atoms with Crippen LogP contribution in [0.15, 0.2) is 76.7 Å². The molecule has 4 rings (SSSR count). The molecular formula is C26H23N5O3. The fraction of sp³-hybridized carbons (Fsp3) is 0.192. The van der Waals surface area contributed by atoms with Crippen molar-refractivity contribution in [2.45, 2.75) is 19.9 Å². The molecule has 0 saturated carbocycles. The Hall–Kier alpha value is -4.35. The smallest absolute Gasteiger partial charge is 0.271 e. The lowest BCUT2D eigenvalue weighted by atomic mass is 10.2. The number of rotatable bonds is 7. The Morgan fingerprint density at radius 1 is 1.21 bits per heavy atom. The summed E-state index contributed by atoms with van der Waals surface area (Å²) in [5.41, 5.74) is 1.68. The second kappa shape index (κ2) is 10.5. The Bertz CT molecular complexity index is 1540. The van der Waals surface area contributed by atoms with Crippen LogP contribution in [0.2, 0.25) is 0 Å². The number of carbonyl (C=O) groups is 1. The fourth-order valence-electron chi connectivity index (χ4n) is 3.63. The van der Waals surface area contributed by atoms with Crippen LogP contribution in [-0.4, -0.2) is 33.1 Å². The van der Waals surface area contributed by atoms with Gasteiger partial charge in [0, 0.05) is 32.0 Å². The number of aromatic nitrogens is 3. The van der Waals surface area contributed by atoms with Crippen molar-refractivity contribution in [1.29, 1.82) is 5.26 Å². The molecule has 0 saturated heterocycles. The van der Waals surface area contributed by atoms with Crippen LogP contribution in [0.3, 0.4) is 0 Å². The van der Waals surface area contributed by atoms with Gasteiger partial charge in [-0.15, -0.1) is 0 Å². The maximum Gasteiger partial charge on any atom is 0.271 e. The van der Waals surface area contributed by atoms with Gasteiger partial charge in [-0.25, -0.2) is 4.98 Å². The summed E-state index contributed by atoms with van der Waals surface area (Å²) < 4.78 is 8.54. The number of fused-ring (bicyclic) bond motifs is 2. The zero-order valence-corrected chi connectivity index (χ0v) is 18.7. The summed E-state index contributed by atoms with van der Waals surface area (Å²) in [6.07, 6.45) is 5.24. The van der Waals surface area contributed by atoms with E-state index in [2.05, 4.69) is 16.0 Å². The van der Waals surface area contributed by atoms with Crippen molar-refractivity contribution in [3.05, 3.63) is 93.8 Å². The predicted molar refractivity (Wildman–Crippen MR) is 129 cm³/mol. The van der Waals surface area contributed by atoms with Crippen molar-refractivity contribution in [1.82, 2.24) is 14.0 Å². The number of carbonyl (C=O) groups excluding carboxylic acids is 1. The molecule has 0 spiro atoms. The third-order valence-electron chi connectivity index (χ3n) is 5.22. The molecule has 0 unspecified atom stereocenters. The standard InChI is InChI=1S/C26H23N5O3/c1-2-34-16-8-15-31-24(29-23(32)13-12-19-9-4-3-5-10-19)20(18-27)17-21-25(31)28-22-11-6-7-14-30(22)26(21)33/h3-7,9-14,17H,2,8,15-16H2,1H3/b13-12-,29-24?. The van der Waals surface area contributed by atoms with Crippen molar-refractivity contribution in [3.63, 3.8) is 0 Å². The SMILES string of the molecule is CCOCCCn1c(=NC(=O)/C=C\c2ccccc2)c(C#N)cc2c(=O)n3ccccc3nc21. The molecule has 0 aliphatic heterocycles. The van der Waals surface area contributed by atoms with E-state index in [0.29, 0.717) is 37.5 Å². The average molecular weight is 454 g/mol. The van der Waals surface area contributed by atoms with E-state index in [4.69, 9.17) is 4.74 Å². The van der Waals surface area contributed by atoms with Gasteiger partial charge in [-0.05, 0) is 43.2 Å². The van der Waals surface area contributed by atoms with E-state index < -0.39 is 5.91 Å². The van der Waals surface area contributed by atoms with Crippen molar-refractivity contribution in [2.24, 2.45) is 4.99 Å². The van der Waals surface area contributed by atoms with Crippen LogP contribution in [0, 0.1) is 11.3 Å². The minimum Gasteiger partial charge on any atom is -0.382 e. The molecule has 34 heavy (non-hydrogen) atoms. The molecule has 0 aliphatic rings. The quantitative estimate of drug-likeness (QED) is 0.243. The summed E-state index contributed by atoms with van der Waals surface area (Å²) in [6, 6.07) is 18.2. The van der Waals surface area contributed by atoms with Crippen molar-refractivity contribution >= 4 is 28.7 Å². The first-order valence-corrected chi connectivity index (χ1v) is 11.0. The van der Waals surface area contributed by atoms with Gasteiger partial charge in [0.25, 0.3) is 11.5 Å². The molecule has 0 fully saturated rings. The third-order valence-corrected chi connectivity index (χ3v) is 5.22. The average Bonchev–Trinajstić information content (AvgIpc) is 2.87. The molecule has 0 atom stereocenters. The van der Waals surface area contributed by atoms with Crippen molar-refractivity contribution < 1.29 is 9.53 Å². The van der Waals surface area contributed by atoms with Crippen LogP contribution in [0.4, 0.5) is 0 Å².